The Morgan fingerprint density at radius 3 is 3.15 bits per heavy atom. The normalized spacial score (nSPS) is 16.6. The molecule has 1 amide bonds. The van der Waals surface area contributed by atoms with Crippen LogP contribution in [-0.4, -0.2) is 39.4 Å². The standard InChI is InChI=1S/C18H18FN5O3/c19-12-4-1-3-11(9-12)16-13(10-21-23-16)17(25)20-7-6-15-22-18(27-24-15)14-5-2-8-26-14/h1,3-4,9-10,14H,2,5-8H2,(H,20,25)(H,21,23). The van der Waals surface area contributed by atoms with Gasteiger partial charge in [-0.15, -0.1) is 0 Å². The number of nitrogens with one attached hydrogen (secondary N) is 2. The zero-order valence-electron chi connectivity index (χ0n) is 14.4. The lowest BCUT2D eigenvalue weighted by Crippen LogP contribution is -2.26. The predicted molar refractivity (Wildman–Crippen MR) is 92.2 cm³/mol. The van der Waals surface area contributed by atoms with Crippen LogP contribution >= 0.6 is 0 Å². The highest BCUT2D eigenvalue weighted by atomic mass is 19.1. The van der Waals surface area contributed by atoms with E-state index in [1.54, 1.807) is 12.1 Å². The number of nitrogens with zero attached hydrogens (tertiary/aromatic N) is 3. The summed E-state index contributed by atoms with van der Waals surface area (Å²) in [7, 11) is 0. The van der Waals surface area contributed by atoms with Crippen LogP contribution in [-0.2, 0) is 11.2 Å². The van der Waals surface area contributed by atoms with Crippen molar-refractivity contribution in [3.05, 3.63) is 53.6 Å². The van der Waals surface area contributed by atoms with E-state index < -0.39 is 0 Å². The lowest BCUT2D eigenvalue weighted by atomic mass is 10.1. The van der Waals surface area contributed by atoms with Crippen LogP contribution < -0.4 is 5.32 Å². The molecule has 1 aliphatic heterocycles. The van der Waals surface area contributed by atoms with Crippen molar-refractivity contribution in [3.63, 3.8) is 0 Å². The first-order valence-electron chi connectivity index (χ1n) is 8.72. The van der Waals surface area contributed by atoms with E-state index in [1.807, 2.05) is 0 Å². The Bertz CT molecular complexity index is 932. The number of aromatic nitrogens is 4. The Morgan fingerprint density at radius 1 is 1.41 bits per heavy atom. The molecule has 1 aliphatic rings. The summed E-state index contributed by atoms with van der Waals surface area (Å²) < 4.78 is 24.2. The van der Waals surface area contributed by atoms with Gasteiger partial charge in [0.1, 0.15) is 11.9 Å². The van der Waals surface area contributed by atoms with Gasteiger partial charge in [0.2, 0.25) is 0 Å². The molecule has 9 heteroatoms. The highest BCUT2D eigenvalue weighted by Crippen LogP contribution is 2.27. The molecule has 0 bridgehead atoms. The number of hydrogen-bond donors (Lipinski definition) is 2. The van der Waals surface area contributed by atoms with E-state index in [4.69, 9.17) is 9.26 Å². The molecule has 3 heterocycles. The van der Waals surface area contributed by atoms with Gasteiger partial charge in [0, 0.05) is 25.1 Å². The maximum Gasteiger partial charge on any atom is 0.255 e. The molecule has 140 valence electrons. The van der Waals surface area contributed by atoms with Crippen LogP contribution in [0.1, 0.15) is 41.0 Å². The Kier molecular flexibility index (Phi) is 4.93. The van der Waals surface area contributed by atoms with Crippen LogP contribution in [0.15, 0.2) is 35.0 Å². The fourth-order valence-electron chi connectivity index (χ4n) is 2.98. The summed E-state index contributed by atoms with van der Waals surface area (Å²) in [6, 6.07) is 5.97. The Hall–Kier alpha value is -3.07. The van der Waals surface area contributed by atoms with Gasteiger partial charge in [-0.2, -0.15) is 10.1 Å². The monoisotopic (exact) mass is 371 g/mol. The molecule has 0 radical (unpaired) electrons. The van der Waals surface area contributed by atoms with E-state index in [0.717, 1.165) is 12.8 Å². The second-order valence-electron chi connectivity index (χ2n) is 6.23. The van der Waals surface area contributed by atoms with E-state index in [1.165, 1.54) is 18.3 Å². The first-order chi connectivity index (χ1) is 13.2. The van der Waals surface area contributed by atoms with Crippen molar-refractivity contribution in [2.45, 2.75) is 25.4 Å². The highest BCUT2D eigenvalue weighted by Gasteiger charge is 2.23. The Morgan fingerprint density at radius 2 is 2.33 bits per heavy atom. The zero-order valence-corrected chi connectivity index (χ0v) is 14.4. The van der Waals surface area contributed by atoms with Gasteiger partial charge in [-0.05, 0) is 25.0 Å². The summed E-state index contributed by atoms with van der Waals surface area (Å²) in [6.45, 7) is 1.04. The maximum atomic E-state index is 13.4. The SMILES string of the molecule is O=C(NCCc1noc(C2CCCO2)n1)c1cn[nH]c1-c1cccc(F)c1. The molecule has 4 rings (SSSR count). The van der Waals surface area contributed by atoms with Gasteiger partial charge in [0.05, 0.1) is 17.5 Å². The molecule has 0 spiro atoms. The second kappa shape index (κ2) is 7.67. The number of rotatable bonds is 6. The number of hydrogen-bond acceptors (Lipinski definition) is 6. The van der Waals surface area contributed by atoms with E-state index >= 15 is 0 Å². The average molecular weight is 371 g/mol. The first-order valence-corrected chi connectivity index (χ1v) is 8.72. The highest BCUT2D eigenvalue weighted by molar-refractivity contribution is 5.99. The lowest BCUT2D eigenvalue weighted by molar-refractivity contribution is 0.0835. The van der Waals surface area contributed by atoms with Crippen molar-refractivity contribution in [3.8, 4) is 11.3 Å². The lowest BCUT2D eigenvalue weighted by Gasteiger charge is -2.05. The topological polar surface area (TPSA) is 106 Å². The smallest absolute Gasteiger partial charge is 0.255 e. The number of carbonyl (C=O) groups excluding carboxylic acids is 1. The van der Waals surface area contributed by atoms with Gasteiger partial charge in [0.25, 0.3) is 11.8 Å². The van der Waals surface area contributed by atoms with Crippen LogP contribution in [0.25, 0.3) is 11.3 Å². The molecule has 1 saturated heterocycles. The first kappa shape index (κ1) is 17.3. The van der Waals surface area contributed by atoms with Gasteiger partial charge in [-0.3, -0.25) is 9.89 Å². The molecule has 0 aliphatic carbocycles. The molecule has 8 nitrogen and oxygen atoms in total. The Balaban J connectivity index is 1.36. The molecule has 2 N–H and O–H groups in total. The molecule has 3 aromatic rings. The average Bonchev–Trinajstić information content (AvgIpc) is 3.41. The van der Waals surface area contributed by atoms with Crippen molar-refractivity contribution in [2.24, 2.45) is 0 Å². The molecular formula is C18H18FN5O3. The fraction of sp³-hybridized carbons (Fsp3) is 0.333. The number of halogens is 1. The summed E-state index contributed by atoms with van der Waals surface area (Å²) in [5.74, 6) is 0.300. The third-order valence-corrected chi connectivity index (χ3v) is 4.32. The van der Waals surface area contributed by atoms with Crippen LogP contribution in [0.2, 0.25) is 0 Å². The van der Waals surface area contributed by atoms with Crippen LogP contribution in [0.5, 0.6) is 0 Å². The van der Waals surface area contributed by atoms with Crippen LogP contribution in [0.4, 0.5) is 4.39 Å². The number of benzene rings is 1. The summed E-state index contributed by atoms with van der Waals surface area (Å²) in [5, 5.41) is 13.4. The van der Waals surface area contributed by atoms with Crippen molar-refractivity contribution >= 4 is 5.91 Å². The molecule has 2 aromatic heterocycles. The van der Waals surface area contributed by atoms with Gasteiger partial charge in [-0.25, -0.2) is 4.39 Å². The van der Waals surface area contributed by atoms with Gasteiger partial charge >= 0.3 is 0 Å². The summed E-state index contributed by atoms with van der Waals surface area (Å²) >= 11 is 0. The van der Waals surface area contributed by atoms with E-state index in [9.17, 15) is 9.18 Å². The number of aromatic amines is 1. The summed E-state index contributed by atoms with van der Waals surface area (Å²) in [4.78, 5) is 16.8. The van der Waals surface area contributed by atoms with Gasteiger partial charge in [-0.1, -0.05) is 17.3 Å². The largest absolute Gasteiger partial charge is 0.368 e. The maximum absolute atomic E-state index is 13.4. The Labute approximate surface area is 154 Å². The molecule has 1 aromatic carbocycles. The van der Waals surface area contributed by atoms with Crippen molar-refractivity contribution < 1.29 is 18.4 Å². The molecule has 0 saturated carbocycles. The number of carbonyl (C=O) groups is 1. The van der Waals surface area contributed by atoms with Crippen molar-refractivity contribution in [1.29, 1.82) is 0 Å². The van der Waals surface area contributed by atoms with Crippen LogP contribution in [0.3, 0.4) is 0 Å². The minimum Gasteiger partial charge on any atom is -0.368 e. The fourth-order valence-corrected chi connectivity index (χ4v) is 2.98. The minimum absolute atomic E-state index is 0.124. The number of H-pyrrole nitrogens is 1. The molecular weight excluding hydrogens is 353 g/mol. The van der Waals surface area contributed by atoms with Gasteiger partial charge in [0.15, 0.2) is 5.82 Å². The summed E-state index contributed by atoms with van der Waals surface area (Å²) in [6.07, 6.45) is 3.58. The molecule has 1 atom stereocenters. The third kappa shape index (κ3) is 3.87. The van der Waals surface area contributed by atoms with E-state index in [2.05, 4.69) is 25.7 Å². The quantitative estimate of drug-likeness (QED) is 0.689. The van der Waals surface area contributed by atoms with E-state index in [-0.39, 0.29) is 17.8 Å². The number of ether oxygens (including phenoxy) is 1. The van der Waals surface area contributed by atoms with Gasteiger partial charge < -0.3 is 14.6 Å². The number of amides is 1. The second-order valence-corrected chi connectivity index (χ2v) is 6.23. The zero-order chi connectivity index (χ0) is 18.6. The third-order valence-electron chi connectivity index (χ3n) is 4.32. The molecule has 1 fully saturated rings. The molecule has 27 heavy (non-hydrogen) atoms. The predicted octanol–water partition coefficient (Wildman–Crippen LogP) is 2.42. The summed E-state index contributed by atoms with van der Waals surface area (Å²) in [5.41, 5.74) is 1.36. The van der Waals surface area contributed by atoms with E-state index in [0.29, 0.717) is 48.1 Å². The van der Waals surface area contributed by atoms with Crippen LogP contribution in [0, 0.1) is 5.82 Å². The molecule has 1 unspecified atom stereocenters. The van der Waals surface area contributed by atoms with Crippen molar-refractivity contribution in [1.82, 2.24) is 25.7 Å². The minimum atomic E-state index is -0.382. The van der Waals surface area contributed by atoms with Crippen molar-refractivity contribution in [2.75, 3.05) is 13.2 Å².